The van der Waals surface area contributed by atoms with E-state index in [1.165, 1.54) is 24.3 Å². The Bertz CT molecular complexity index is 1150. The van der Waals surface area contributed by atoms with Gasteiger partial charge >= 0.3 is 0 Å². The first-order chi connectivity index (χ1) is 14.7. The molecule has 3 aromatic rings. The lowest BCUT2D eigenvalue weighted by Gasteiger charge is -2.15. The molecule has 1 unspecified atom stereocenters. The summed E-state index contributed by atoms with van der Waals surface area (Å²) < 4.78 is 42.3. The van der Waals surface area contributed by atoms with Crippen molar-refractivity contribution >= 4 is 33.2 Å². The van der Waals surface area contributed by atoms with Crippen molar-refractivity contribution in [1.82, 2.24) is 4.72 Å². The van der Waals surface area contributed by atoms with Crippen LogP contribution in [0.3, 0.4) is 0 Å². The summed E-state index contributed by atoms with van der Waals surface area (Å²) in [6, 6.07) is 18.9. The normalized spacial score (nSPS) is 12.4. The number of aryl methyl sites for hydroxylation is 1. The van der Waals surface area contributed by atoms with Crippen molar-refractivity contribution in [2.45, 2.75) is 30.7 Å². The van der Waals surface area contributed by atoms with Crippen molar-refractivity contribution < 1.29 is 17.6 Å². The third-order valence-corrected chi connectivity index (χ3v) is 6.51. The molecule has 3 rings (SSSR count). The molecule has 0 aliphatic heterocycles. The van der Waals surface area contributed by atoms with E-state index in [1.54, 1.807) is 19.1 Å². The van der Waals surface area contributed by atoms with Crippen molar-refractivity contribution in [1.29, 1.82) is 0 Å². The first kappa shape index (κ1) is 22.9. The Morgan fingerprint density at radius 3 is 2.35 bits per heavy atom. The first-order valence-corrected chi connectivity index (χ1v) is 11.5. The largest absolute Gasteiger partial charge is 0.319 e. The number of rotatable bonds is 8. The van der Waals surface area contributed by atoms with Crippen LogP contribution in [0, 0.1) is 5.82 Å². The molecule has 1 amide bonds. The van der Waals surface area contributed by atoms with Crippen LogP contribution >= 0.6 is 11.6 Å². The number of carbonyl (C=O) groups excluding carboxylic acids is 1. The maximum atomic E-state index is 14.5. The fraction of sp³-hybridized carbons (Fsp3) is 0.174. The van der Waals surface area contributed by atoms with Gasteiger partial charge in [-0.05, 0) is 67.8 Å². The molecule has 31 heavy (non-hydrogen) atoms. The molecule has 1 atom stereocenters. The van der Waals surface area contributed by atoms with Gasteiger partial charge in [0.15, 0.2) is 0 Å². The second-order valence-electron chi connectivity index (χ2n) is 7.15. The summed E-state index contributed by atoms with van der Waals surface area (Å²) in [5, 5.41) is 2.91. The number of amides is 1. The molecular weight excluding hydrogens is 439 g/mol. The molecule has 8 heteroatoms. The van der Waals surface area contributed by atoms with E-state index in [9.17, 15) is 17.6 Å². The van der Waals surface area contributed by atoms with E-state index in [2.05, 4.69) is 10.0 Å². The van der Waals surface area contributed by atoms with Gasteiger partial charge in [0.05, 0.1) is 10.6 Å². The van der Waals surface area contributed by atoms with E-state index in [4.69, 9.17) is 11.6 Å². The second kappa shape index (κ2) is 10.0. The zero-order chi connectivity index (χ0) is 22.4. The van der Waals surface area contributed by atoms with Crippen LogP contribution in [0.1, 0.15) is 29.3 Å². The van der Waals surface area contributed by atoms with Gasteiger partial charge < -0.3 is 5.32 Å². The van der Waals surface area contributed by atoms with Crippen molar-refractivity contribution in [2.24, 2.45) is 0 Å². The van der Waals surface area contributed by atoms with Crippen molar-refractivity contribution in [3.05, 3.63) is 94.8 Å². The third kappa shape index (κ3) is 6.37. The van der Waals surface area contributed by atoms with Gasteiger partial charge in [-0.2, -0.15) is 0 Å². The van der Waals surface area contributed by atoms with E-state index < -0.39 is 21.7 Å². The van der Waals surface area contributed by atoms with Crippen LogP contribution in [0.4, 0.5) is 10.1 Å². The van der Waals surface area contributed by atoms with Gasteiger partial charge in [-0.25, -0.2) is 17.5 Å². The molecule has 0 bridgehead atoms. The highest BCUT2D eigenvalue weighted by Gasteiger charge is 2.20. The average Bonchev–Trinajstić information content (AvgIpc) is 2.74. The number of hydrogen-bond acceptors (Lipinski definition) is 3. The highest BCUT2D eigenvalue weighted by Crippen LogP contribution is 2.21. The molecule has 0 radical (unpaired) electrons. The molecule has 0 saturated carbocycles. The van der Waals surface area contributed by atoms with E-state index in [0.717, 1.165) is 11.6 Å². The van der Waals surface area contributed by atoms with E-state index in [1.807, 2.05) is 30.3 Å². The fourth-order valence-electron chi connectivity index (χ4n) is 2.98. The molecule has 5 nitrogen and oxygen atoms in total. The van der Waals surface area contributed by atoms with Gasteiger partial charge in [-0.15, -0.1) is 0 Å². The molecule has 0 saturated heterocycles. The summed E-state index contributed by atoms with van der Waals surface area (Å²) in [6.45, 7) is 1.76. The van der Waals surface area contributed by atoms with Gasteiger partial charge in [0, 0.05) is 16.6 Å². The molecule has 162 valence electrons. The molecule has 2 N–H and O–H groups in total. The monoisotopic (exact) mass is 460 g/mol. The minimum absolute atomic E-state index is 0.115. The second-order valence-corrected chi connectivity index (χ2v) is 9.30. The Morgan fingerprint density at radius 1 is 1.03 bits per heavy atom. The van der Waals surface area contributed by atoms with Gasteiger partial charge in [0.1, 0.15) is 5.82 Å². The van der Waals surface area contributed by atoms with E-state index in [0.29, 0.717) is 23.4 Å². The quantitative estimate of drug-likeness (QED) is 0.495. The molecule has 0 aliphatic rings. The van der Waals surface area contributed by atoms with Crippen LogP contribution in [-0.4, -0.2) is 20.4 Å². The lowest BCUT2D eigenvalue weighted by Crippen LogP contribution is -2.33. The van der Waals surface area contributed by atoms with Crippen molar-refractivity contribution in [3.63, 3.8) is 0 Å². The lowest BCUT2D eigenvalue weighted by molar-refractivity contribution is 0.102. The van der Waals surface area contributed by atoms with E-state index in [-0.39, 0.29) is 16.6 Å². The average molecular weight is 461 g/mol. The fourth-order valence-corrected chi connectivity index (χ4v) is 4.40. The predicted octanol–water partition coefficient (Wildman–Crippen LogP) is 5.03. The minimum Gasteiger partial charge on any atom is -0.319 e. The smallest absolute Gasteiger partial charge is 0.255 e. The summed E-state index contributed by atoms with van der Waals surface area (Å²) in [4.78, 5) is 12.0. The number of hydrogen-bond donors (Lipinski definition) is 2. The highest BCUT2D eigenvalue weighted by molar-refractivity contribution is 7.89. The Kier molecular flexibility index (Phi) is 7.43. The summed E-state index contributed by atoms with van der Waals surface area (Å²) in [5.74, 6) is -1.37. The Balaban J connectivity index is 1.64. The van der Waals surface area contributed by atoms with Crippen LogP contribution in [0.2, 0.25) is 5.02 Å². The lowest BCUT2D eigenvalue weighted by atomic mass is 10.1. The highest BCUT2D eigenvalue weighted by atomic mass is 35.5. The summed E-state index contributed by atoms with van der Waals surface area (Å²) in [6.07, 6.45) is 1.31. The van der Waals surface area contributed by atoms with Gasteiger partial charge in [0.25, 0.3) is 5.91 Å². The van der Waals surface area contributed by atoms with Gasteiger partial charge in [-0.3, -0.25) is 4.79 Å². The number of nitrogens with one attached hydrogen (secondary N) is 2. The van der Waals surface area contributed by atoms with Gasteiger partial charge in [0.2, 0.25) is 10.0 Å². The van der Waals surface area contributed by atoms with Crippen LogP contribution < -0.4 is 10.0 Å². The Labute approximate surface area is 186 Å². The molecule has 0 aliphatic carbocycles. The standard InChI is InChI=1S/C23H22ClFN2O3S/c1-16(7-8-17-5-3-2-4-6-17)27-31(29,30)20-13-14-22(21(25)15-20)26-23(28)18-9-11-19(24)12-10-18/h2-6,9-16,27H,7-8H2,1H3,(H,26,28). The maximum Gasteiger partial charge on any atom is 0.255 e. The first-order valence-electron chi connectivity index (χ1n) is 9.67. The predicted molar refractivity (Wildman–Crippen MR) is 120 cm³/mol. The summed E-state index contributed by atoms with van der Waals surface area (Å²) in [5.41, 5.74) is 1.30. The molecular formula is C23H22ClFN2O3S. The number of anilines is 1. The minimum atomic E-state index is -3.91. The van der Waals surface area contributed by atoms with Crippen LogP contribution in [0.5, 0.6) is 0 Å². The molecule has 0 heterocycles. The maximum absolute atomic E-state index is 14.5. The van der Waals surface area contributed by atoms with Crippen LogP contribution in [0.25, 0.3) is 0 Å². The summed E-state index contributed by atoms with van der Waals surface area (Å²) in [7, 11) is -3.91. The summed E-state index contributed by atoms with van der Waals surface area (Å²) >= 11 is 5.79. The molecule has 0 fully saturated rings. The number of carbonyl (C=O) groups is 1. The topological polar surface area (TPSA) is 75.3 Å². The Hall–Kier alpha value is -2.74. The van der Waals surface area contributed by atoms with Gasteiger partial charge in [-0.1, -0.05) is 41.9 Å². The van der Waals surface area contributed by atoms with Crippen molar-refractivity contribution in [2.75, 3.05) is 5.32 Å². The number of sulfonamides is 1. The number of halogens is 2. The van der Waals surface area contributed by atoms with E-state index >= 15 is 0 Å². The SMILES string of the molecule is CC(CCc1ccccc1)NS(=O)(=O)c1ccc(NC(=O)c2ccc(Cl)cc2)c(F)c1. The van der Waals surface area contributed by atoms with Crippen LogP contribution in [0.15, 0.2) is 77.7 Å². The van der Waals surface area contributed by atoms with Crippen LogP contribution in [-0.2, 0) is 16.4 Å². The molecule has 3 aromatic carbocycles. The third-order valence-electron chi connectivity index (χ3n) is 4.67. The molecule has 0 aromatic heterocycles. The zero-order valence-corrected chi connectivity index (χ0v) is 18.4. The number of benzene rings is 3. The van der Waals surface area contributed by atoms with Crippen molar-refractivity contribution in [3.8, 4) is 0 Å². The zero-order valence-electron chi connectivity index (χ0n) is 16.8. The molecule has 0 spiro atoms. The Morgan fingerprint density at radius 2 is 1.71 bits per heavy atom.